The molecule has 0 unspecified atom stereocenters. The Hall–Kier alpha value is -3.20. The van der Waals surface area contributed by atoms with Crippen LogP contribution in [0.25, 0.3) is 0 Å². The third kappa shape index (κ3) is 5.08. The average Bonchev–Trinajstić information content (AvgIpc) is 3.55. The molecule has 1 amide bonds. The summed E-state index contributed by atoms with van der Waals surface area (Å²) in [4.78, 5) is 13.2. The Balaban J connectivity index is 1.17. The molecule has 2 aromatic carbocycles. The minimum absolute atomic E-state index is 0.217. The zero-order chi connectivity index (χ0) is 22.8. The molecule has 0 saturated heterocycles. The number of amides is 1. The van der Waals surface area contributed by atoms with Crippen LogP contribution < -0.4 is 19.5 Å². The summed E-state index contributed by atoms with van der Waals surface area (Å²) in [6.07, 6.45) is 1.78. The van der Waals surface area contributed by atoms with Crippen LogP contribution in [0.15, 0.2) is 60.1 Å². The number of carbonyl (C=O) groups excluding carboxylic acids is 1. The number of ether oxygens (including phenoxy) is 3. The Morgan fingerprint density at radius 3 is 2.88 bits per heavy atom. The van der Waals surface area contributed by atoms with Crippen molar-refractivity contribution in [3.8, 4) is 17.2 Å². The maximum Gasteiger partial charge on any atom is 0.266 e. The summed E-state index contributed by atoms with van der Waals surface area (Å²) in [6, 6.07) is 14.3. The predicted octanol–water partition coefficient (Wildman–Crippen LogP) is 5.86. The van der Waals surface area contributed by atoms with Gasteiger partial charge in [-0.15, -0.1) is 11.3 Å². The van der Waals surface area contributed by atoms with Crippen molar-refractivity contribution in [1.29, 1.82) is 0 Å². The van der Waals surface area contributed by atoms with Gasteiger partial charge in [0, 0.05) is 33.9 Å². The molecule has 0 saturated carbocycles. The van der Waals surface area contributed by atoms with Gasteiger partial charge in [-0.3, -0.25) is 9.48 Å². The fourth-order valence-corrected chi connectivity index (χ4v) is 4.48. The van der Waals surface area contributed by atoms with Crippen LogP contribution >= 0.6 is 34.5 Å². The largest absolute Gasteiger partial charge is 0.489 e. The van der Waals surface area contributed by atoms with Crippen LogP contribution in [0.2, 0.25) is 10.0 Å². The Morgan fingerprint density at radius 1 is 1.12 bits per heavy atom. The van der Waals surface area contributed by atoms with E-state index in [9.17, 15) is 4.79 Å². The van der Waals surface area contributed by atoms with Crippen molar-refractivity contribution in [3.05, 3.63) is 86.2 Å². The van der Waals surface area contributed by atoms with Gasteiger partial charge in [0.1, 0.15) is 12.4 Å². The molecule has 3 heterocycles. The molecular weight excluding hydrogens is 485 g/mol. The van der Waals surface area contributed by atoms with Crippen LogP contribution in [-0.2, 0) is 13.2 Å². The lowest BCUT2D eigenvalue weighted by Gasteiger charge is -2.05. The molecule has 0 atom stereocenters. The highest BCUT2D eigenvalue weighted by Gasteiger charge is 2.15. The lowest BCUT2D eigenvalue weighted by molar-refractivity contribution is 0.103. The van der Waals surface area contributed by atoms with Crippen molar-refractivity contribution in [3.63, 3.8) is 0 Å². The number of fused-ring (bicyclic) bond motifs is 1. The Morgan fingerprint density at radius 2 is 2.00 bits per heavy atom. The number of anilines is 1. The maximum absolute atomic E-state index is 12.6. The van der Waals surface area contributed by atoms with Gasteiger partial charge in [-0.1, -0.05) is 29.3 Å². The third-order valence-corrected chi connectivity index (χ3v) is 6.42. The Bertz CT molecular complexity index is 1320. The van der Waals surface area contributed by atoms with Crippen molar-refractivity contribution in [1.82, 2.24) is 9.78 Å². The first kappa shape index (κ1) is 21.6. The van der Waals surface area contributed by atoms with E-state index in [1.165, 1.54) is 11.3 Å². The quantitative estimate of drug-likeness (QED) is 0.343. The van der Waals surface area contributed by atoms with Gasteiger partial charge in [0.05, 0.1) is 11.4 Å². The van der Waals surface area contributed by atoms with Crippen LogP contribution in [0, 0.1) is 0 Å². The van der Waals surface area contributed by atoms with Gasteiger partial charge >= 0.3 is 0 Å². The summed E-state index contributed by atoms with van der Waals surface area (Å²) >= 11 is 13.5. The van der Waals surface area contributed by atoms with Gasteiger partial charge < -0.3 is 19.5 Å². The second kappa shape index (κ2) is 9.35. The minimum atomic E-state index is -0.232. The number of benzene rings is 2. The molecule has 1 aliphatic heterocycles. The molecule has 2 aromatic heterocycles. The van der Waals surface area contributed by atoms with E-state index in [4.69, 9.17) is 37.4 Å². The zero-order valence-corrected chi connectivity index (χ0v) is 19.4. The molecule has 4 aromatic rings. The van der Waals surface area contributed by atoms with E-state index in [1.54, 1.807) is 41.2 Å². The standard InChI is InChI=1S/C23H17Cl2N3O4S/c24-16-2-1-15(18(25)8-16)10-28-6-5-22(27-28)26-23(29)21-7-14(12-33-21)11-30-17-3-4-19-20(9-17)32-13-31-19/h1-9,12H,10-11,13H2,(H,26,27,29). The van der Waals surface area contributed by atoms with Gasteiger partial charge in [0.2, 0.25) is 6.79 Å². The highest BCUT2D eigenvalue weighted by atomic mass is 35.5. The van der Waals surface area contributed by atoms with Crippen molar-refractivity contribution >= 4 is 46.3 Å². The van der Waals surface area contributed by atoms with E-state index in [0.29, 0.717) is 51.1 Å². The number of halogens is 2. The number of nitrogens with one attached hydrogen (secondary N) is 1. The van der Waals surface area contributed by atoms with Gasteiger partial charge in [0.15, 0.2) is 17.3 Å². The number of hydrogen-bond donors (Lipinski definition) is 1. The smallest absolute Gasteiger partial charge is 0.266 e. The predicted molar refractivity (Wildman–Crippen MR) is 127 cm³/mol. The zero-order valence-electron chi connectivity index (χ0n) is 17.1. The van der Waals surface area contributed by atoms with Gasteiger partial charge in [-0.05, 0) is 41.3 Å². The summed E-state index contributed by atoms with van der Waals surface area (Å²) in [7, 11) is 0. The fraction of sp³-hybridized carbons (Fsp3) is 0.130. The molecule has 33 heavy (non-hydrogen) atoms. The lowest BCUT2D eigenvalue weighted by atomic mass is 10.2. The summed E-state index contributed by atoms with van der Waals surface area (Å²) < 4.78 is 18.2. The highest BCUT2D eigenvalue weighted by Crippen LogP contribution is 2.35. The molecule has 0 radical (unpaired) electrons. The number of thiophene rings is 1. The number of hydrogen-bond acceptors (Lipinski definition) is 6. The van der Waals surface area contributed by atoms with Crippen LogP contribution in [0.1, 0.15) is 20.8 Å². The van der Waals surface area contributed by atoms with Crippen molar-refractivity contribution in [2.75, 3.05) is 12.1 Å². The third-order valence-electron chi connectivity index (χ3n) is 4.86. The number of carbonyl (C=O) groups is 1. The topological polar surface area (TPSA) is 74.6 Å². The van der Waals surface area contributed by atoms with E-state index >= 15 is 0 Å². The molecule has 0 aliphatic carbocycles. The molecule has 10 heteroatoms. The summed E-state index contributed by atoms with van der Waals surface area (Å²) in [5.41, 5.74) is 1.78. The second-order valence-electron chi connectivity index (χ2n) is 7.21. The summed E-state index contributed by atoms with van der Waals surface area (Å²) in [5, 5.41) is 10.3. The van der Waals surface area contributed by atoms with Gasteiger partial charge in [0.25, 0.3) is 5.91 Å². The molecule has 5 rings (SSSR count). The van der Waals surface area contributed by atoms with Gasteiger partial charge in [-0.25, -0.2) is 0 Å². The number of aromatic nitrogens is 2. The molecule has 0 fully saturated rings. The fourth-order valence-electron chi connectivity index (χ4n) is 3.22. The first-order valence-corrected chi connectivity index (χ1v) is 11.6. The lowest BCUT2D eigenvalue weighted by Crippen LogP contribution is -2.11. The summed E-state index contributed by atoms with van der Waals surface area (Å²) in [5.74, 6) is 2.26. The molecule has 0 spiro atoms. The van der Waals surface area contributed by atoms with E-state index in [1.807, 2.05) is 23.6 Å². The van der Waals surface area contributed by atoms with Crippen LogP contribution in [-0.4, -0.2) is 22.5 Å². The number of nitrogens with zero attached hydrogens (tertiary/aromatic N) is 2. The second-order valence-corrected chi connectivity index (χ2v) is 8.97. The normalized spacial score (nSPS) is 12.1. The van der Waals surface area contributed by atoms with E-state index in [2.05, 4.69) is 10.4 Å². The maximum atomic E-state index is 12.6. The monoisotopic (exact) mass is 501 g/mol. The van der Waals surface area contributed by atoms with E-state index in [-0.39, 0.29) is 12.7 Å². The molecule has 7 nitrogen and oxygen atoms in total. The van der Waals surface area contributed by atoms with Crippen molar-refractivity contribution < 1.29 is 19.0 Å². The Kier molecular flexibility index (Phi) is 6.13. The van der Waals surface area contributed by atoms with Gasteiger partial charge in [-0.2, -0.15) is 5.10 Å². The van der Waals surface area contributed by atoms with Crippen LogP contribution in [0.4, 0.5) is 5.82 Å². The van der Waals surface area contributed by atoms with Crippen LogP contribution in [0.5, 0.6) is 17.2 Å². The van der Waals surface area contributed by atoms with Crippen LogP contribution in [0.3, 0.4) is 0 Å². The van der Waals surface area contributed by atoms with E-state index < -0.39 is 0 Å². The van der Waals surface area contributed by atoms with E-state index in [0.717, 1.165) is 11.1 Å². The molecule has 1 N–H and O–H groups in total. The molecule has 168 valence electrons. The van der Waals surface area contributed by atoms with Crippen molar-refractivity contribution in [2.45, 2.75) is 13.2 Å². The molecule has 0 bridgehead atoms. The van der Waals surface area contributed by atoms with Crippen molar-refractivity contribution in [2.24, 2.45) is 0 Å². The minimum Gasteiger partial charge on any atom is -0.489 e. The molecular formula is C23H17Cl2N3O4S. The first-order valence-electron chi connectivity index (χ1n) is 9.92. The first-order chi connectivity index (χ1) is 16.0. The Labute approximate surface area is 203 Å². The summed E-state index contributed by atoms with van der Waals surface area (Å²) in [6.45, 7) is 1.01. The average molecular weight is 502 g/mol. The highest BCUT2D eigenvalue weighted by molar-refractivity contribution is 7.12. The SMILES string of the molecule is O=C(Nc1ccn(Cc2ccc(Cl)cc2Cl)n1)c1cc(COc2ccc3c(c2)OCO3)cs1. The number of rotatable bonds is 7. The molecule has 1 aliphatic rings.